The molecule has 0 amide bonds. The topological polar surface area (TPSA) is 38.3 Å². The van der Waals surface area contributed by atoms with Crippen LogP contribution in [0.5, 0.6) is 0 Å². The highest BCUT2D eigenvalue weighted by molar-refractivity contribution is 5.85. The molecule has 74 valence electrons. The first-order valence-electron chi connectivity index (χ1n) is 4.02. The van der Waals surface area contributed by atoms with Crippen LogP contribution < -0.4 is 5.32 Å². The quantitative estimate of drug-likeness (QED) is 0.531. The van der Waals surface area contributed by atoms with Gasteiger partial charge in [0.1, 0.15) is 5.54 Å². The van der Waals surface area contributed by atoms with Crippen LogP contribution in [0.15, 0.2) is 0 Å². The van der Waals surface area contributed by atoms with Crippen LogP contribution >= 0.6 is 12.4 Å². The molecule has 0 spiro atoms. The number of carbonyl (C=O) groups is 1. The highest BCUT2D eigenvalue weighted by Crippen LogP contribution is 2.23. The molecule has 1 aliphatic heterocycles. The first-order valence-corrected chi connectivity index (χ1v) is 4.02. The van der Waals surface area contributed by atoms with Gasteiger partial charge < -0.3 is 10.1 Å². The summed E-state index contributed by atoms with van der Waals surface area (Å²) in [6.45, 7) is 0.844. The second-order valence-electron chi connectivity index (χ2n) is 2.98. The maximum absolute atomic E-state index is 11.3. The van der Waals surface area contributed by atoms with Crippen LogP contribution in [0, 0.1) is 12.3 Å². The van der Waals surface area contributed by atoms with Crippen LogP contribution in [0.25, 0.3) is 0 Å². The van der Waals surface area contributed by atoms with Crippen molar-refractivity contribution in [3.05, 3.63) is 0 Å². The number of terminal acetylenes is 1. The summed E-state index contributed by atoms with van der Waals surface area (Å²) in [5.74, 6) is 2.26. The van der Waals surface area contributed by atoms with Gasteiger partial charge in [0.15, 0.2) is 0 Å². The smallest absolute Gasteiger partial charge is 0.327 e. The highest BCUT2D eigenvalue weighted by Gasteiger charge is 2.41. The SMILES string of the molecule is C#CCC1(C(=O)OC)CCCN1.Cl. The van der Waals surface area contributed by atoms with Gasteiger partial charge in [-0.1, -0.05) is 0 Å². The normalized spacial score (nSPS) is 25.8. The minimum absolute atomic E-state index is 0. The van der Waals surface area contributed by atoms with Crippen molar-refractivity contribution in [3.8, 4) is 12.3 Å². The second-order valence-corrected chi connectivity index (χ2v) is 2.98. The third-order valence-electron chi connectivity index (χ3n) is 2.22. The van der Waals surface area contributed by atoms with E-state index in [4.69, 9.17) is 11.2 Å². The zero-order valence-corrected chi connectivity index (χ0v) is 8.45. The van der Waals surface area contributed by atoms with E-state index in [1.165, 1.54) is 7.11 Å². The first kappa shape index (κ1) is 12.3. The van der Waals surface area contributed by atoms with E-state index in [0.717, 1.165) is 19.4 Å². The minimum Gasteiger partial charge on any atom is -0.468 e. The van der Waals surface area contributed by atoms with Gasteiger partial charge in [-0.05, 0) is 19.4 Å². The van der Waals surface area contributed by atoms with Gasteiger partial charge in [-0.25, -0.2) is 0 Å². The molecule has 0 aromatic carbocycles. The molecule has 0 bridgehead atoms. The van der Waals surface area contributed by atoms with Gasteiger partial charge in [0, 0.05) is 6.42 Å². The molecule has 1 atom stereocenters. The fourth-order valence-electron chi connectivity index (χ4n) is 1.57. The average Bonchev–Trinajstić information content (AvgIpc) is 2.53. The molecule has 0 aromatic rings. The molecule has 1 rings (SSSR count). The summed E-state index contributed by atoms with van der Waals surface area (Å²) in [4.78, 5) is 11.3. The lowest BCUT2D eigenvalue weighted by molar-refractivity contribution is -0.147. The van der Waals surface area contributed by atoms with E-state index in [0.29, 0.717) is 6.42 Å². The average molecular weight is 204 g/mol. The highest BCUT2D eigenvalue weighted by atomic mass is 35.5. The van der Waals surface area contributed by atoms with Crippen molar-refractivity contribution in [2.24, 2.45) is 0 Å². The molecule has 1 unspecified atom stereocenters. The van der Waals surface area contributed by atoms with Crippen molar-refractivity contribution in [1.82, 2.24) is 5.32 Å². The Hall–Kier alpha value is -0.720. The van der Waals surface area contributed by atoms with E-state index < -0.39 is 5.54 Å². The summed E-state index contributed by atoms with van der Waals surface area (Å²) in [5.41, 5.74) is -0.594. The molecule has 1 N–H and O–H groups in total. The lowest BCUT2D eigenvalue weighted by Crippen LogP contribution is -2.47. The fraction of sp³-hybridized carbons (Fsp3) is 0.667. The molecular formula is C9H14ClNO2. The van der Waals surface area contributed by atoms with Gasteiger partial charge in [-0.15, -0.1) is 24.8 Å². The van der Waals surface area contributed by atoms with Gasteiger partial charge in [-0.3, -0.25) is 4.79 Å². The Kier molecular flexibility index (Phi) is 4.82. The maximum Gasteiger partial charge on any atom is 0.327 e. The van der Waals surface area contributed by atoms with Gasteiger partial charge >= 0.3 is 5.97 Å². The zero-order chi connectivity index (χ0) is 9.03. The van der Waals surface area contributed by atoms with Crippen LogP contribution in [0.1, 0.15) is 19.3 Å². The van der Waals surface area contributed by atoms with E-state index in [-0.39, 0.29) is 18.4 Å². The molecule has 0 radical (unpaired) electrons. The molecule has 1 fully saturated rings. The van der Waals surface area contributed by atoms with Crippen molar-refractivity contribution in [2.45, 2.75) is 24.8 Å². The Labute approximate surface area is 84.6 Å². The van der Waals surface area contributed by atoms with Crippen LogP contribution in [-0.4, -0.2) is 25.2 Å². The largest absolute Gasteiger partial charge is 0.468 e. The van der Waals surface area contributed by atoms with Gasteiger partial charge in [0.25, 0.3) is 0 Å². The van der Waals surface area contributed by atoms with E-state index in [1.54, 1.807) is 0 Å². The van der Waals surface area contributed by atoms with Crippen molar-refractivity contribution >= 4 is 18.4 Å². The molecule has 1 heterocycles. The van der Waals surface area contributed by atoms with Crippen LogP contribution in [0.4, 0.5) is 0 Å². The molecular weight excluding hydrogens is 190 g/mol. The monoisotopic (exact) mass is 203 g/mol. The van der Waals surface area contributed by atoms with Crippen molar-refractivity contribution in [2.75, 3.05) is 13.7 Å². The van der Waals surface area contributed by atoms with E-state index in [9.17, 15) is 4.79 Å². The number of ether oxygens (including phenoxy) is 1. The molecule has 13 heavy (non-hydrogen) atoms. The number of hydrogen-bond acceptors (Lipinski definition) is 3. The lowest BCUT2D eigenvalue weighted by Gasteiger charge is -2.23. The predicted octanol–water partition coefficient (Wildman–Crippen LogP) is 0.727. The summed E-state index contributed by atoms with van der Waals surface area (Å²) in [6.07, 6.45) is 7.37. The number of methoxy groups -OCH3 is 1. The second kappa shape index (κ2) is 5.11. The standard InChI is InChI=1S/C9H13NO2.ClH/c1-3-5-9(8(11)12-2)6-4-7-10-9;/h1,10H,4-7H2,2H3;1H. The Morgan fingerprint density at radius 1 is 1.77 bits per heavy atom. The summed E-state index contributed by atoms with van der Waals surface area (Å²) >= 11 is 0. The first-order chi connectivity index (χ1) is 5.75. The molecule has 1 saturated heterocycles. The lowest BCUT2D eigenvalue weighted by atomic mass is 9.94. The third kappa shape index (κ3) is 2.36. The van der Waals surface area contributed by atoms with E-state index in [2.05, 4.69) is 11.2 Å². The van der Waals surface area contributed by atoms with Gasteiger partial charge in [0.2, 0.25) is 0 Å². The third-order valence-corrected chi connectivity index (χ3v) is 2.22. The number of nitrogens with one attached hydrogen (secondary N) is 1. The number of halogens is 1. The Balaban J connectivity index is 0.00000144. The molecule has 0 saturated carbocycles. The van der Waals surface area contributed by atoms with Crippen LogP contribution in [-0.2, 0) is 9.53 Å². The van der Waals surface area contributed by atoms with Gasteiger partial charge in [0.05, 0.1) is 7.11 Å². The summed E-state index contributed by atoms with van der Waals surface area (Å²) in [6, 6.07) is 0. The summed E-state index contributed by atoms with van der Waals surface area (Å²) in [7, 11) is 1.39. The van der Waals surface area contributed by atoms with E-state index >= 15 is 0 Å². The molecule has 1 aliphatic rings. The molecule has 3 nitrogen and oxygen atoms in total. The van der Waals surface area contributed by atoms with Crippen LogP contribution in [0.3, 0.4) is 0 Å². The van der Waals surface area contributed by atoms with Crippen molar-refractivity contribution < 1.29 is 9.53 Å². The number of carbonyl (C=O) groups excluding carboxylic acids is 1. The molecule has 4 heteroatoms. The minimum atomic E-state index is -0.594. The van der Waals surface area contributed by atoms with Crippen molar-refractivity contribution in [3.63, 3.8) is 0 Å². The Morgan fingerprint density at radius 2 is 2.46 bits per heavy atom. The Bertz CT molecular complexity index is 216. The molecule has 0 aliphatic carbocycles. The molecule has 0 aromatic heterocycles. The maximum atomic E-state index is 11.3. The summed E-state index contributed by atoms with van der Waals surface area (Å²) in [5, 5.41) is 3.10. The van der Waals surface area contributed by atoms with E-state index in [1.807, 2.05) is 0 Å². The number of hydrogen-bond donors (Lipinski definition) is 1. The fourth-order valence-corrected chi connectivity index (χ4v) is 1.57. The van der Waals surface area contributed by atoms with Crippen LogP contribution in [0.2, 0.25) is 0 Å². The Morgan fingerprint density at radius 3 is 2.85 bits per heavy atom. The van der Waals surface area contributed by atoms with Crippen molar-refractivity contribution in [1.29, 1.82) is 0 Å². The summed E-state index contributed by atoms with van der Waals surface area (Å²) < 4.78 is 4.69. The number of rotatable bonds is 2. The predicted molar refractivity (Wildman–Crippen MR) is 52.7 cm³/mol. The number of esters is 1. The zero-order valence-electron chi connectivity index (χ0n) is 7.63. The van der Waals surface area contributed by atoms with Gasteiger partial charge in [-0.2, -0.15) is 0 Å².